The van der Waals surface area contributed by atoms with Gasteiger partial charge in [0, 0.05) is 48.3 Å². The van der Waals surface area contributed by atoms with E-state index >= 15 is 0 Å². The zero-order chi connectivity index (χ0) is 31.1. The highest BCUT2D eigenvalue weighted by atomic mass is 79.9. The summed E-state index contributed by atoms with van der Waals surface area (Å²) in [5.74, 6) is 1.13. The molecule has 4 N–H and O–H groups in total. The van der Waals surface area contributed by atoms with E-state index in [1.54, 1.807) is 7.11 Å². The van der Waals surface area contributed by atoms with Crippen molar-refractivity contribution in [2.75, 3.05) is 13.7 Å². The summed E-state index contributed by atoms with van der Waals surface area (Å²) >= 11 is 10.8. The lowest BCUT2D eigenvalue weighted by Crippen LogP contribution is -2.35. The monoisotopic (exact) mass is 686 g/mol. The van der Waals surface area contributed by atoms with Gasteiger partial charge in [-0.2, -0.15) is 4.98 Å². The molecule has 0 spiro atoms. The molecule has 1 aliphatic heterocycles. The van der Waals surface area contributed by atoms with E-state index in [4.69, 9.17) is 31.8 Å². The molecular weight excluding hydrogens is 652 g/mol. The second kappa shape index (κ2) is 12.8. The summed E-state index contributed by atoms with van der Waals surface area (Å²) in [6.07, 6.45) is 4.85. The Balaban J connectivity index is 1.11. The van der Waals surface area contributed by atoms with Gasteiger partial charge in [-0.3, -0.25) is 4.79 Å². The number of methoxy groups -OCH3 is 1. The van der Waals surface area contributed by atoms with Crippen LogP contribution in [0.4, 0.5) is 0 Å². The SMILES string of the molecule is COc1nc(O[C@H]2CCc3c(-c4cccc(-c5ccc6c(c5)C[C@@H](N)C6)c4Cl)cccc32)c(Br)cc1CNC[C@@H]1CCC(=O)N1. The molecule has 45 heavy (non-hydrogen) atoms. The van der Waals surface area contributed by atoms with Crippen molar-refractivity contribution < 1.29 is 14.3 Å². The quantitative estimate of drug-likeness (QED) is 0.181. The molecule has 4 aromatic rings. The number of hydrogen-bond donors (Lipinski definition) is 3. The Hall–Kier alpha value is -3.43. The molecule has 9 heteroatoms. The highest BCUT2D eigenvalue weighted by Crippen LogP contribution is 2.45. The van der Waals surface area contributed by atoms with Gasteiger partial charge in [-0.1, -0.05) is 66.2 Å². The first-order chi connectivity index (χ1) is 21.9. The van der Waals surface area contributed by atoms with Gasteiger partial charge in [-0.15, -0.1) is 0 Å². The third-order valence-electron chi connectivity index (χ3n) is 9.21. The van der Waals surface area contributed by atoms with Crippen LogP contribution in [-0.2, 0) is 30.6 Å². The Morgan fingerprint density at radius 3 is 2.62 bits per heavy atom. The van der Waals surface area contributed by atoms with E-state index in [-0.39, 0.29) is 24.1 Å². The summed E-state index contributed by atoms with van der Waals surface area (Å²) in [5, 5.41) is 7.15. The average Bonchev–Trinajstić information content (AvgIpc) is 3.75. The molecular formula is C36H36BrClN4O3. The van der Waals surface area contributed by atoms with E-state index in [0.717, 1.165) is 75.0 Å². The van der Waals surface area contributed by atoms with Crippen LogP contribution >= 0.6 is 27.5 Å². The number of amides is 1. The standard InChI is InChI=1S/C36H36BrClN4O3/c1-44-35-23(18-40-19-25-10-13-33(43)41-25)17-31(37)36(42-35)45-32-12-11-28-27(5-3-6-29(28)32)30-7-2-4-26(34(30)38)21-9-8-20-15-24(39)16-22(20)14-21/h2-9,14,17,24-25,32,40H,10-13,15-16,18-19,39H2,1H3,(H,41,43)/t24-,25-,32-/m0/s1. The molecule has 2 aliphatic carbocycles. The van der Waals surface area contributed by atoms with Crippen LogP contribution in [0.25, 0.3) is 22.3 Å². The Morgan fingerprint density at radius 2 is 1.80 bits per heavy atom. The molecule has 3 atom stereocenters. The van der Waals surface area contributed by atoms with Crippen molar-refractivity contribution in [3.8, 4) is 34.0 Å². The molecule has 7 nitrogen and oxygen atoms in total. The largest absolute Gasteiger partial charge is 0.481 e. The van der Waals surface area contributed by atoms with Crippen molar-refractivity contribution in [1.29, 1.82) is 0 Å². The second-order valence-corrected chi connectivity index (χ2v) is 13.4. The van der Waals surface area contributed by atoms with Crippen molar-refractivity contribution in [3.05, 3.63) is 98.0 Å². The molecule has 0 radical (unpaired) electrons. The molecule has 3 aliphatic rings. The molecule has 1 fully saturated rings. The lowest BCUT2D eigenvalue weighted by Gasteiger charge is -2.19. The van der Waals surface area contributed by atoms with Crippen LogP contribution in [-0.4, -0.2) is 36.6 Å². The molecule has 2 heterocycles. The number of nitrogens with zero attached hydrogens (tertiary/aromatic N) is 1. The predicted molar refractivity (Wildman–Crippen MR) is 181 cm³/mol. The first-order valence-electron chi connectivity index (χ1n) is 15.6. The molecule has 1 saturated heterocycles. The maximum absolute atomic E-state index is 11.5. The van der Waals surface area contributed by atoms with Gasteiger partial charge >= 0.3 is 0 Å². The molecule has 3 aromatic carbocycles. The van der Waals surface area contributed by atoms with Gasteiger partial charge in [0.2, 0.25) is 17.7 Å². The van der Waals surface area contributed by atoms with Gasteiger partial charge in [-0.25, -0.2) is 0 Å². The number of halogens is 2. The van der Waals surface area contributed by atoms with Crippen LogP contribution in [0.1, 0.15) is 53.2 Å². The number of fused-ring (bicyclic) bond motifs is 2. The number of pyridine rings is 1. The first kappa shape index (κ1) is 30.2. The van der Waals surface area contributed by atoms with Crippen molar-refractivity contribution in [2.45, 2.75) is 63.3 Å². The van der Waals surface area contributed by atoms with Gasteiger partial charge in [0.1, 0.15) is 6.10 Å². The van der Waals surface area contributed by atoms with Gasteiger partial charge in [0.05, 0.1) is 16.6 Å². The fourth-order valence-electron chi connectivity index (χ4n) is 7.00. The Morgan fingerprint density at radius 1 is 1.00 bits per heavy atom. The van der Waals surface area contributed by atoms with Crippen molar-refractivity contribution in [2.24, 2.45) is 5.73 Å². The maximum Gasteiger partial charge on any atom is 0.231 e. The minimum Gasteiger partial charge on any atom is -0.481 e. The van der Waals surface area contributed by atoms with E-state index in [0.29, 0.717) is 31.3 Å². The number of nitrogens with two attached hydrogens (primary N) is 1. The molecule has 0 unspecified atom stereocenters. The lowest BCUT2D eigenvalue weighted by molar-refractivity contribution is -0.119. The van der Waals surface area contributed by atoms with Crippen LogP contribution in [0, 0.1) is 0 Å². The number of carbonyl (C=O) groups is 1. The number of ether oxygens (including phenoxy) is 2. The zero-order valence-corrected chi connectivity index (χ0v) is 27.5. The van der Waals surface area contributed by atoms with Gasteiger partial charge in [0.25, 0.3) is 0 Å². The summed E-state index contributed by atoms with van der Waals surface area (Å²) in [4.78, 5) is 16.2. The summed E-state index contributed by atoms with van der Waals surface area (Å²) in [7, 11) is 1.62. The van der Waals surface area contributed by atoms with Crippen LogP contribution < -0.4 is 25.8 Å². The summed E-state index contributed by atoms with van der Waals surface area (Å²) in [6, 6.07) is 21.6. The van der Waals surface area contributed by atoms with E-state index in [9.17, 15) is 4.79 Å². The molecule has 1 amide bonds. The van der Waals surface area contributed by atoms with Crippen LogP contribution in [0.2, 0.25) is 5.02 Å². The minimum atomic E-state index is -0.147. The Kier molecular flexibility index (Phi) is 8.57. The smallest absolute Gasteiger partial charge is 0.231 e. The molecule has 1 aromatic heterocycles. The molecule has 7 rings (SSSR count). The van der Waals surface area contributed by atoms with Crippen molar-refractivity contribution in [1.82, 2.24) is 15.6 Å². The topological polar surface area (TPSA) is 98.5 Å². The molecule has 0 saturated carbocycles. The normalized spacial score (nSPS) is 20.2. The highest BCUT2D eigenvalue weighted by molar-refractivity contribution is 9.10. The number of rotatable bonds is 9. The van der Waals surface area contributed by atoms with Crippen molar-refractivity contribution >= 4 is 33.4 Å². The van der Waals surface area contributed by atoms with Crippen molar-refractivity contribution in [3.63, 3.8) is 0 Å². The fourth-order valence-corrected chi connectivity index (χ4v) is 7.80. The van der Waals surface area contributed by atoms with E-state index in [1.165, 1.54) is 16.7 Å². The number of carbonyl (C=O) groups excluding carboxylic acids is 1. The minimum absolute atomic E-state index is 0.114. The van der Waals surface area contributed by atoms with Crippen LogP contribution in [0.5, 0.6) is 11.8 Å². The number of aromatic nitrogens is 1. The van der Waals surface area contributed by atoms with Gasteiger partial charge in [0.15, 0.2) is 0 Å². The molecule has 0 bridgehead atoms. The predicted octanol–water partition coefficient (Wildman–Crippen LogP) is 6.70. The fraction of sp³-hybridized carbons (Fsp3) is 0.333. The third-order valence-corrected chi connectivity index (χ3v) is 10.2. The summed E-state index contributed by atoms with van der Waals surface area (Å²) < 4.78 is 13.0. The number of nitrogens with one attached hydrogen (secondary N) is 2. The zero-order valence-electron chi connectivity index (χ0n) is 25.2. The first-order valence-corrected chi connectivity index (χ1v) is 16.7. The third kappa shape index (κ3) is 6.09. The number of hydrogen-bond acceptors (Lipinski definition) is 6. The number of benzene rings is 3. The maximum atomic E-state index is 11.5. The van der Waals surface area contributed by atoms with E-state index < -0.39 is 0 Å². The second-order valence-electron chi connectivity index (χ2n) is 12.2. The molecule has 232 valence electrons. The lowest BCUT2D eigenvalue weighted by atomic mass is 9.93. The van der Waals surface area contributed by atoms with Crippen LogP contribution in [0.15, 0.2) is 65.1 Å². The highest BCUT2D eigenvalue weighted by Gasteiger charge is 2.29. The van der Waals surface area contributed by atoms with E-state index in [2.05, 4.69) is 81.2 Å². The van der Waals surface area contributed by atoms with Gasteiger partial charge in [-0.05, 0) is 87.5 Å². The average molecular weight is 688 g/mol. The van der Waals surface area contributed by atoms with Gasteiger partial charge < -0.3 is 25.8 Å². The summed E-state index contributed by atoms with van der Waals surface area (Å²) in [6.45, 7) is 1.26. The Labute approximate surface area is 277 Å². The van der Waals surface area contributed by atoms with Crippen LogP contribution in [0.3, 0.4) is 0 Å². The Bertz CT molecular complexity index is 1780. The summed E-state index contributed by atoms with van der Waals surface area (Å²) in [5.41, 5.74) is 16.5. The van der Waals surface area contributed by atoms with E-state index in [1.807, 2.05) is 6.07 Å².